The first kappa shape index (κ1) is 18.3. The number of aryl methyl sites for hydroxylation is 2. The van der Waals surface area contributed by atoms with E-state index in [0.717, 1.165) is 39.8 Å². The van der Waals surface area contributed by atoms with Crippen molar-refractivity contribution in [1.82, 2.24) is 19.7 Å². The smallest absolute Gasteiger partial charge is 0.269 e. The van der Waals surface area contributed by atoms with Crippen molar-refractivity contribution in [3.8, 4) is 17.0 Å². The number of thiazole rings is 2. The lowest BCUT2D eigenvalue weighted by Gasteiger charge is -2.06. The van der Waals surface area contributed by atoms with Crippen molar-refractivity contribution in [3.05, 3.63) is 57.1 Å². The number of hydrogen-bond donors (Lipinski definition) is 1. The Labute approximate surface area is 176 Å². The van der Waals surface area contributed by atoms with Gasteiger partial charge in [-0.3, -0.25) is 9.20 Å². The number of nitrogens with zero attached hydrogens (tertiary/aromatic N) is 3. The van der Waals surface area contributed by atoms with Crippen molar-refractivity contribution in [2.24, 2.45) is 0 Å². The molecule has 0 bridgehead atoms. The van der Waals surface area contributed by atoms with Crippen molar-refractivity contribution in [2.45, 2.75) is 32.2 Å². The third kappa shape index (κ3) is 3.54. The number of nitrogens with one attached hydrogen (secondary N) is 1. The van der Waals surface area contributed by atoms with Crippen LogP contribution in [0.4, 0.5) is 0 Å². The molecule has 0 aliphatic heterocycles. The minimum Gasteiger partial charge on any atom is -0.497 e. The van der Waals surface area contributed by atoms with Gasteiger partial charge in [0.15, 0.2) is 4.96 Å². The van der Waals surface area contributed by atoms with Crippen LogP contribution < -0.4 is 10.1 Å². The highest BCUT2D eigenvalue weighted by atomic mass is 32.1. The molecule has 0 unspecified atom stereocenters. The largest absolute Gasteiger partial charge is 0.497 e. The highest BCUT2D eigenvalue weighted by Crippen LogP contribution is 2.28. The van der Waals surface area contributed by atoms with Crippen LogP contribution in [-0.4, -0.2) is 27.4 Å². The molecule has 0 spiro atoms. The molecule has 0 saturated carbocycles. The average molecular weight is 425 g/mol. The van der Waals surface area contributed by atoms with Gasteiger partial charge < -0.3 is 10.1 Å². The third-order valence-corrected chi connectivity index (χ3v) is 7.09. The number of rotatable bonds is 5. The number of hydrogen-bond acceptors (Lipinski definition) is 6. The zero-order valence-corrected chi connectivity index (χ0v) is 17.6. The number of benzene rings is 1. The number of methoxy groups -OCH3 is 1. The van der Waals surface area contributed by atoms with Crippen LogP contribution in [0.2, 0.25) is 0 Å². The first-order valence-corrected chi connectivity index (χ1v) is 11.3. The van der Waals surface area contributed by atoms with Gasteiger partial charge in [0.25, 0.3) is 5.91 Å². The summed E-state index contributed by atoms with van der Waals surface area (Å²) in [5, 5.41) is 5.85. The van der Waals surface area contributed by atoms with E-state index in [9.17, 15) is 4.79 Å². The molecular formula is C21H20N4O2S2. The molecule has 1 amide bonds. The summed E-state index contributed by atoms with van der Waals surface area (Å²) in [6.45, 7) is 0.464. The monoisotopic (exact) mass is 424 g/mol. The van der Waals surface area contributed by atoms with E-state index in [-0.39, 0.29) is 5.91 Å². The lowest BCUT2D eigenvalue weighted by atomic mass is 10.0. The second-order valence-corrected chi connectivity index (χ2v) is 9.00. The number of aromatic nitrogens is 3. The molecule has 0 radical (unpaired) electrons. The van der Waals surface area contributed by atoms with E-state index in [0.29, 0.717) is 12.2 Å². The molecule has 1 aliphatic rings. The predicted octanol–water partition coefficient (Wildman–Crippen LogP) is 4.34. The molecule has 0 fully saturated rings. The Hall–Kier alpha value is -2.71. The quantitative estimate of drug-likeness (QED) is 0.518. The topological polar surface area (TPSA) is 68.5 Å². The Balaban J connectivity index is 1.35. The molecule has 0 saturated heterocycles. The highest BCUT2D eigenvalue weighted by Gasteiger charge is 2.18. The van der Waals surface area contributed by atoms with Crippen LogP contribution in [0, 0.1) is 0 Å². The van der Waals surface area contributed by atoms with Crippen LogP contribution in [0.25, 0.3) is 16.2 Å². The van der Waals surface area contributed by atoms with Crippen molar-refractivity contribution in [3.63, 3.8) is 0 Å². The van der Waals surface area contributed by atoms with E-state index < -0.39 is 0 Å². The molecule has 8 heteroatoms. The Morgan fingerprint density at radius 3 is 3.03 bits per heavy atom. The second kappa shape index (κ2) is 7.61. The average Bonchev–Trinajstić information content (AvgIpc) is 3.45. The number of ether oxygens (including phenoxy) is 1. The SMILES string of the molecule is COc1cccc(-c2cn3c(C(=O)NCc4nc5c(s4)CCCC5)csc3n2)c1. The maximum Gasteiger partial charge on any atom is 0.269 e. The summed E-state index contributed by atoms with van der Waals surface area (Å²) in [5.41, 5.74) is 3.59. The molecule has 1 aliphatic carbocycles. The third-order valence-electron chi connectivity index (χ3n) is 5.10. The van der Waals surface area contributed by atoms with Crippen molar-refractivity contribution >= 4 is 33.5 Å². The molecular weight excluding hydrogens is 404 g/mol. The maximum absolute atomic E-state index is 12.8. The van der Waals surface area contributed by atoms with E-state index in [4.69, 9.17) is 9.72 Å². The van der Waals surface area contributed by atoms with E-state index in [2.05, 4.69) is 10.3 Å². The molecule has 29 heavy (non-hydrogen) atoms. The Bertz CT molecular complexity index is 1170. The van der Waals surface area contributed by atoms with Gasteiger partial charge in [-0.05, 0) is 37.8 Å². The van der Waals surface area contributed by atoms with Gasteiger partial charge in [-0.2, -0.15) is 0 Å². The molecule has 3 heterocycles. The first-order chi connectivity index (χ1) is 14.2. The number of carbonyl (C=O) groups is 1. The normalized spacial score (nSPS) is 13.4. The Morgan fingerprint density at radius 2 is 2.17 bits per heavy atom. The molecule has 4 aromatic rings. The van der Waals surface area contributed by atoms with Gasteiger partial charge >= 0.3 is 0 Å². The van der Waals surface area contributed by atoms with Gasteiger partial charge in [0.05, 0.1) is 25.0 Å². The van der Waals surface area contributed by atoms with Crippen molar-refractivity contribution in [2.75, 3.05) is 7.11 Å². The highest BCUT2D eigenvalue weighted by molar-refractivity contribution is 7.15. The number of fused-ring (bicyclic) bond motifs is 2. The van der Waals surface area contributed by atoms with E-state index in [1.54, 1.807) is 18.4 Å². The number of carbonyl (C=O) groups excluding carboxylic acids is 1. The second-order valence-electron chi connectivity index (χ2n) is 7.00. The predicted molar refractivity (Wildman–Crippen MR) is 115 cm³/mol. The minimum atomic E-state index is -0.112. The molecule has 6 nitrogen and oxygen atoms in total. The van der Waals surface area contributed by atoms with Gasteiger partial charge in [0.2, 0.25) is 0 Å². The van der Waals surface area contributed by atoms with Gasteiger partial charge in [0.1, 0.15) is 16.5 Å². The minimum absolute atomic E-state index is 0.112. The van der Waals surface area contributed by atoms with Crippen LogP contribution in [0.3, 0.4) is 0 Å². The van der Waals surface area contributed by atoms with Crippen LogP contribution in [0.15, 0.2) is 35.8 Å². The number of imidazole rings is 1. The zero-order chi connectivity index (χ0) is 19.8. The summed E-state index contributed by atoms with van der Waals surface area (Å²) >= 11 is 3.19. The fourth-order valence-corrected chi connectivity index (χ4v) is 5.55. The van der Waals surface area contributed by atoms with Crippen molar-refractivity contribution in [1.29, 1.82) is 0 Å². The summed E-state index contributed by atoms with van der Waals surface area (Å²) in [4.78, 5) is 24.3. The maximum atomic E-state index is 12.8. The van der Waals surface area contributed by atoms with Crippen LogP contribution in [0.1, 0.15) is 38.9 Å². The molecule has 0 atom stereocenters. The summed E-state index contributed by atoms with van der Waals surface area (Å²) in [5.74, 6) is 0.669. The van der Waals surface area contributed by atoms with Crippen LogP contribution >= 0.6 is 22.7 Å². The fourth-order valence-electron chi connectivity index (χ4n) is 3.60. The summed E-state index contributed by atoms with van der Waals surface area (Å²) in [6.07, 6.45) is 6.54. The van der Waals surface area contributed by atoms with Crippen molar-refractivity contribution < 1.29 is 9.53 Å². The Morgan fingerprint density at radius 1 is 1.28 bits per heavy atom. The van der Waals surface area contributed by atoms with Gasteiger partial charge in [-0.25, -0.2) is 9.97 Å². The van der Waals surface area contributed by atoms with Gasteiger partial charge in [-0.15, -0.1) is 22.7 Å². The molecule has 3 aromatic heterocycles. The van der Waals surface area contributed by atoms with Gasteiger partial charge in [-0.1, -0.05) is 12.1 Å². The molecule has 1 N–H and O–H groups in total. The van der Waals surface area contributed by atoms with Crippen LogP contribution in [0.5, 0.6) is 5.75 Å². The first-order valence-electron chi connectivity index (χ1n) is 9.58. The van der Waals surface area contributed by atoms with Crippen LogP contribution in [-0.2, 0) is 19.4 Å². The summed E-state index contributed by atoms with van der Waals surface area (Å²) < 4.78 is 7.15. The molecule has 1 aromatic carbocycles. The van der Waals surface area contributed by atoms with Gasteiger partial charge in [0, 0.05) is 22.0 Å². The van der Waals surface area contributed by atoms with E-state index in [1.165, 1.54) is 34.7 Å². The lowest BCUT2D eigenvalue weighted by molar-refractivity contribution is 0.0945. The van der Waals surface area contributed by atoms with E-state index >= 15 is 0 Å². The standard InChI is InChI=1S/C21H20N4O2S2/c1-27-14-6-4-5-13(9-14)16-11-25-17(12-28-21(25)24-16)20(26)22-10-19-23-15-7-2-3-8-18(15)29-19/h4-6,9,11-12H,2-3,7-8,10H2,1H3,(H,22,26). The number of amides is 1. The van der Waals surface area contributed by atoms with E-state index in [1.807, 2.05) is 40.2 Å². The summed E-state index contributed by atoms with van der Waals surface area (Å²) in [6, 6.07) is 7.76. The fraction of sp³-hybridized carbons (Fsp3) is 0.286. The molecule has 5 rings (SSSR count). The Kier molecular flexibility index (Phi) is 4.81. The zero-order valence-electron chi connectivity index (χ0n) is 16.0. The lowest BCUT2D eigenvalue weighted by Crippen LogP contribution is -2.23. The summed E-state index contributed by atoms with van der Waals surface area (Å²) in [7, 11) is 1.65. The molecule has 148 valence electrons.